The number of hydrogen-bond donors (Lipinski definition) is 3. The molecule has 4 N–H and O–H groups in total. The van der Waals surface area contributed by atoms with Crippen molar-refractivity contribution < 1.29 is 10.2 Å². The van der Waals surface area contributed by atoms with Crippen molar-refractivity contribution in [2.45, 2.75) is 83.3 Å². The van der Waals surface area contributed by atoms with E-state index in [1.807, 2.05) is 6.08 Å². The van der Waals surface area contributed by atoms with Crippen LogP contribution in [0.15, 0.2) is 24.3 Å². The van der Waals surface area contributed by atoms with Gasteiger partial charge in [-0.1, -0.05) is 63.3 Å². The third-order valence-corrected chi connectivity index (χ3v) is 3.60. The molecule has 0 aliphatic heterocycles. The van der Waals surface area contributed by atoms with Crippen molar-refractivity contribution in [1.82, 2.24) is 0 Å². The third kappa shape index (κ3) is 14.1. The first kappa shape index (κ1) is 20.4. The van der Waals surface area contributed by atoms with Gasteiger partial charge in [-0.3, -0.25) is 0 Å². The third-order valence-electron chi connectivity index (χ3n) is 3.60. The van der Waals surface area contributed by atoms with Crippen LogP contribution in [0.1, 0.15) is 71.1 Å². The van der Waals surface area contributed by atoms with Crippen LogP contribution in [-0.2, 0) is 0 Å². The molecule has 0 spiro atoms. The molecule has 0 fully saturated rings. The molecule has 0 aromatic heterocycles. The van der Waals surface area contributed by atoms with E-state index in [1.165, 1.54) is 51.4 Å². The van der Waals surface area contributed by atoms with Crippen molar-refractivity contribution in [2.75, 3.05) is 6.61 Å². The van der Waals surface area contributed by atoms with E-state index in [2.05, 4.69) is 19.1 Å². The van der Waals surface area contributed by atoms with Gasteiger partial charge in [0.05, 0.1) is 18.8 Å². The highest BCUT2D eigenvalue weighted by Gasteiger charge is 2.08. The first-order chi connectivity index (χ1) is 10.2. The summed E-state index contributed by atoms with van der Waals surface area (Å²) in [6, 6.07) is -0.562. The monoisotopic (exact) mass is 297 g/mol. The smallest absolute Gasteiger partial charge is 0.0894 e. The van der Waals surface area contributed by atoms with Gasteiger partial charge < -0.3 is 15.9 Å². The lowest BCUT2D eigenvalue weighted by Crippen LogP contribution is -2.36. The Kier molecular flexibility index (Phi) is 15.3. The second-order valence-corrected chi connectivity index (χ2v) is 5.72. The standard InChI is InChI=1S/C18H35NO2/c1-2-3-4-5-6-7-8-9-10-11-12-13-14-15-18(21)17(19)16-20/h4-5,14-15,17-18,20-21H,2-3,6-13,16,19H2,1H3. The maximum atomic E-state index is 9.52. The second kappa shape index (κ2) is 15.7. The van der Waals surface area contributed by atoms with E-state index in [4.69, 9.17) is 10.8 Å². The van der Waals surface area contributed by atoms with Crippen molar-refractivity contribution in [3.63, 3.8) is 0 Å². The molecule has 21 heavy (non-hydrogen) atoms. The quantitative estimate of drug-likeness (QED) is 0.338. The van der Waals surface area contributed by atoms with Gasteiger partial charge in [-0.2, -0.15) is 0 Å². The lowest BCUT2D eigenvalue weighted by Gasteiger charge is -2.11. The summed E-state index contributed by atoms with van der Waals surface area (Å²) in [6.07, 6.45) is 19.9. The zero-order valence-corrected chi connectivity index (χ0v) is 13.7. The lowest BCUT2D eigenvalue weighted by atomic mass is 10.1. The number of nitrogens with two attached hydrogens (primary N) is 1. The van der Waals surface area contributed by atoms with Crippen molar-refractivity contribution in [1.29, 1.82) is 0 Å². The SMILES string of the molecule is CCCC=CCCCCCCCCC=CC(O)C(N)CO. The minimum atomic E-state index is -0.726. The number of unbranched alkanes of at least 4 members (excludes halogenated alkanes) is 8. The van der Waals surface area contributed by atoms with E-state index < -0.39 is 12.1 Å². The van der Waals surface area contributed by atoms with E-state index in [0.717, 1.165) is 12.8 Å². The molecule has 0 aromatic rings. The summed E-state index contributed by atoms with van der Waals surface area (Å²) in [5.41, 5.74) is 5.51. The average molecular weight is 297 g/mol. The molecular weight excluding hydrogens is 262 g/mol. The van der Waals surface area contributed by atoms with E-state index >= 15 is 0 Å². The molecule has 0 saturated heterocycles. The molecule has 0 aromatic carbocycles. The molecular formula is C18H35NO2. The molecule has 0 rings (SSSR count). The molecule has 0 aliphatic carbocycles. The largest absolute Gasteiger partial charge is 0.395 e. The summed E-state index contributed by atoms with van der Waals surface area (Å²) in [7, 11) is 0. The first-order valence-corrected chi connectivity index (χ1v) is 8.58. The van der Waals surface area contributed by atoms with Crippen LogP contribution in [0.4, 0.5) is 0 Å². The molecule has 3 heteroatoms. The fraction of sp³-hybridized carbons (Fsp3) is 0.778. The van der Waals surface area contributed by atoms with Crippen LogP contribution in [0.5, 0.6) is 0 Å². The van der Waals surface area contributed by atoms with E-state index in [0.29, 0.717) is 0 Å². The molecule has 0 bridgehead atoms. The number of hydrogen-bond acceptors (Lipinski definition) is 3. The van der Waals surface area contributed by atoms with Crippen molar-refractivity contribution in [3.05, 3.63) is 24.3 Å². The fourth-order valence-electron chi connectivity index (χ4n) is 2.12. The molecule has 0 saturated carbocycles. The summed E-state index contributed by atoms with van der Waals surface area (Å²) in [4.78, 5) is 0. The molecule has 0 aliphatic rings. The highest BCUT2D eigenvalue weighted by molar-refractivity contribution is 4.93. The first-order valence-electron chi connectivity index (χ1n) is 8.58. The minimum Gasteiger partial charge on any atom is -0.395 e. The van der Waals surface area contributed by atoms with Gasteiger partial charge in [-0.15, -0.1) is 0 Å². The molecule has 0 amide bonds. The van der Waals surface area contributed by atoms with Gasteiger partial charge in [-0.05, 0) is 32.1 Å². The van der Waals surface area contributed by atoms with Crippen LogP contribution in [0.2, 0.25) is 0 Å². The van der Waals surface area contributed by atoms with Crippen LogP contribution < -0.4 is 5.73 Å². The Morgan fingerprint density at radius 1 is 0.857 bits per heavy atom. The van der Waals surface area contributed by atoms with Gasteiger partial charge in [0, 0.05) is 0 Å². The highest BCUT2D eigenvalue weighted by Crippen LogP contribution is 2.09. The van der Waals surface area contributed by atoms with Crippen LogP contribution in [0, 0.1) is 0 Å². The molecule has 2 atom stereocenters. The Bertz CT molecular complexity index is 264. The van der Waals surface area contributed by atoms with E-state index in [9.17, 15) is 5.11 Å². The predicted molar refractivity (Wildman–Crippen MR) is 91.2 cm³/mol. The van der Waals surface area contributed by atoms with Crippen LogP contribution in [0.25, 0.3) is 0 Å². The number of aliphatic hydroxyl groups is 2. The Morgan fingerprint density at radius 2 is 1.38 bits per heavy atom. The van der Waals surface area contributed by atoms with Crippen LogP contribution in [0.3, 0.4) is 0 Å². The summed E-state index contributed by atoms with van der Waals surface area (Å²) < 4.78 is 0. The normalized spacial score (nSPS) is 15.0. The zero-order chi connectivity index (χ0) is 15.8. The van der Waals surface area contributed by atoms with Gasteiger partial charge in [0.2, 0.25) is 0 Å². The highest BCUT2D eigenvalue weighted by atomic mass is 16.3. The van der Waals surface area contributed by atoms with E-state index in [-0.39, 0.29) is 6.61 Å². The summed E-state index contributed by atoms with van der Waals surface area (Å²) in [6.45, 7) is 2.03. The van der Waals surface area contributed by atoms with Gasteiger partial charge in [0.25, 0.3) is 0 Å². The Hall–Kier alpha value is -0.640. The van der Waals surface area contributed by atoms with E-state index in [1.54, 1.807) is 6.08 Å². The maximum Gasteiger partial charge on any atom is 0.0894 e. The number of rotatable bonds is 14. The van der Waals surface area contributed by atoms with Crippen molar-refractivity contribution >= 4 is 0 Å². The lowest BCUT2D eigenvalue weighted by molar-refractivity contribution is 0.144. The molecule has 0 heterocycles. The Morgan fingerprint density at radius 3 is 1.95 bits per heavy atom. The van der Waals surface area contributed by atoms with Crippen LogP contribution >= 0.6 is 0 Å². The summed E-state index contributed by atoms with van der Waals surface area (Å²) in [5.74, 6) is 0. The number of allylic oxidation sites excluding steroid dienone is 3. The van der Waals surface area contributed by atoms with Gasteiger partial charge in [-0.25, -0.2) is 0 Å². The topological polar surface area (TPSA) is 66.5 Å². The zero-order valence-electron chi connectivity index (χ0n) is 13.7. The number of aliphatic hydroxyl groups excluding tert-OH is 2. The Balaban J connectivity index is 3.27. The second-order valence-electron chi connectivity index (χ2n) is 5.72. The minimum absolute atomic E-state index is 0.181. The molecule has 124 valence electrons. The van der Waals surface area contributed by atoms with Gasteiger partial charge >= 0.3 is 0 Å². The van der Waals surface area contributed by atoms with Crippen LogP contribution in [-0.4, -0.2) is 29.0 Å². The molecule has 3 nitrogen and oxygen atoms in total. The van der Waals surface area contributed by atoms with Gasteiger partial charge in [0.15, 0.2) is 0 Å². The van der Waals surface area contributed by atoms with Crippen molar-refractivity contribution in [3.8, 4) is 0 Å². The molecule has 2 unspecified atom stereocenters. The fourth-order valence-corrected chi connectivity index (χ4v) is 2.12. The van der Waals surface area contributed by atoms with Gasteiger partial charge in [0.1, 0.15) is 0 Å². The summed E-state index contributed by atoms with van der Waals surface area (Å²) in [5, 5.41) is 18.3. The summed E-state index contributed by atoms with van der Waals surface area (Å²) >= 11 is 0. The van der Waals surface area contributed by atoms with Crippen molar-refractivity contribution in [2.24, 2.45) is 5.73 Å². The predicted octanol–water partition coefficient (Wildman–Crippen LogP) is 3.70. The Labute approximate surface area is 130 Å². The molecule has 0 radical (unpaired) electrons. The maximum absolute atomic E-state index is 9.52. The average Bonchev–Trinajstić information content (AvgIpc) is 2.50.